The van der Waals surface area contributed by atoms with Gasteiger partial charge in [-0.15, -0.1) is 0 Å². The van der Waals surface area contributed by atoms with E-state index < -0.39 is 5.97 Å². The van der Waals surface area contributed by atoms with E-state index in [1.807, 2.05) is 17.6 Å². The molecule has 0 fully saturated rings. The third kappa shape index (κ3) is 3.07. The van der Waals surface area contributed by atoms with Crippen LogP contribution in [0.1, 0.15) is 32.4 Å². The topological polar surface area (TPSA) is 80.6 Å². The first kappa shape index (κ1) is 16.9. The van der Waals surface area contributed by atoms with Crippen LogP contribution in [0.15, 0.2) is 18.3 Å². The van der Waals surface area contributed by atoms with Crippen molar-refractivity contribution in [3.05, 3.63) is 41.1 Å². The number of hydrogen-bond acceptors (Lipinski definition) is 6. The number of fused-ring (bicyclic) bond motifs is 1. The van der Waals surface area contributed by atoms with Crippen molar-refractivity contribution in [3.8, 4) is 0 Å². The number of amides is 1. The van der Waals surface area contributed by atoms with Crippen molar-refractivity contribution < 1.29 is 14.3 Å². The lowest BCUT2D eigenvalue weighted by molar-refractivity contribution is 0.0592. The Kier molecular flexibility index (Phi) is 4.43. The second-order valence-corrected chi connectivity index (χ2v) is 6.12. The van der Waals surface area contributed by atoms with Gasteiger partial charge >= 0.3 is 5.97 Å². The summed E-state index contributed by atoms with van der Waals surface area (Å²) in [5, 5.41) is 0. The van der Waals surface area contributed by atoms with E-state index in [0.717, 1.165) is 23.9 Å². The zero-order chi connectivity index (χ0) is 18.1. The lowest BCUT2D eigenvalue weighted by Crippen LogP contribution is -2.35. The SMILES string of the molecule is COC(=O)c1nc(C)n2c1CN(c1ccc(C(=O)N(C)C)cn1)CC2. The molecule has 132 valence electrons. The fourth-order valence-electron chi connectivity index (χ4n) is 2.96. The van der Waals surface area contributed by atoms with E-state index in [-0.39, 0.29) is 5.91 Å². The van der Waals surface area contributed by atoms with E-state index >= 15 is 0 Å². The maximum absolute atomic E-state index is 12.0. The molecule has 0 saturated heterocycles. The van der Waals surface area contributed by atoms with Crippen LogP contribution in [-0.4, -0.2) is 59.1 Å². The molecule has 1 amide bonds. The van der Waals surface area contributed by atoms with E-state index in [9.17, 15) is 9.59 Å². The van der Waals surface area contributed by atoms with Crippen LogP contribution in [0.4, 0.5) is 5.82 Å². The second-order valence-electron chi connectivity index (χ2n) is 6.12. The molecule has 1 aliphatic rings. The zero-order valence-corrected chi connectivity index (χ0v) is 14.8. The van der Waals surface area contributed by atoms with Gasteiger partial charge in [-0.3, -0.25) is 4.79 Å². The van der Waals surface area contributed by atoms with Crippen molar-refractivity contribution in [2.45, 2.75) is 20.0 Å². The summed E-state index contributed by atoms with van der Waals surface area (Å²) in [6.07, 6.45) is 1.58. The van der Waals surface area contributed by atoms with Crippen molar-refractivity contribution in [1.29, 1.82) is 0 Å². The standard InChI is InChI=1S/C17H21N5O3/c1-11-19-15(17(24)25-4)13-10-21(7-8-22(11)13)14-6-5-12(9-18-14)16(23)20(2)3/h5-6,9H,7-8,10H2,1-4H3. The Hall–Kier alpha value is -2.90. The molecule has 2 aromatic rings. The van der Waals surface area contributed by atoms with Crippen molar-refractivity contribution in [1.82, 2.24) is 19.4 Å². The molecule has 0 bridgehead atoms. The molecule has 3 heterocycles. The van der Waals surface area contributed by atoms with E-state index in [4.69, 9.17) is 4.74 Å². The molecule has 1 aliphatic heterocycles. The van der Waals surface area contributed by atoms with Gasteiger partial charge in [0.1, 0.15) is 11.6 Å². The second kappa shape index (κ2) is 6.54. The van der Waals surface area contributed by atoms with Gasteiger partial charge in [0, 0.05) is 33.4 Å². The Bertz CT molecular complexity index is 810. The number of anilines is 1. The number of carbonyl (C=O) groups excluding carboxylic acids is 2. The number of esters is 1. The number of carbonyl (C=O) groups is 2. The van der Waals surface area contributed by atoms with Crippen molar-refractivity contribution in [2.75, 3.05) is 32.6 Å². The molecule has 0 aromatic carbocycles. The summed E-state index contributed by atoms with van der Waals surface area (Å²) in [6.45, 7) is 3.86. The minimum atomic E-state index is -0.432. The highest BCUT2D eigenvalue weighted by molar-refractivity contribution is 5.93. The van der Waals surface area contributed by atoms with Crippen molar-refractivity contribution in [2.24, 2.45) is 0 Å². The molecule has 0 aliphatic carbocycles. The Labute approximate surface area is 146 Å². The summed E-state index contributed by atoms with van der Waals surface area (Å²) in [6, 6.07) is 3.59. The summed E-state index contributed by atoms with van der Waals surface area (Å²) >= 11 is 0. The fourth-order valence-corrected chi connectivity index (χ4v) is 2.96. The van der Waals surface area contributed by atoms with Crippen LogP contribution in [0.5, 0.6) is 0 Å². The van der Waals surface area contributed by atoms with Gasteiger partial charge < -0.3 is 19.1 Å². The number of rotatable bonds is 3. The average Bonchev–Trinajstić information content (AvgIpc) is 2.96. The third-order valence-electron chi connectivity index (χ3n) is 4.30. The molecule has 8 nitrogen and oxygen atoms in total. The Morgan fingerprint density at radius 3 is 2.60 bits per heavy atom. The summed E-state index contributed by atoms with van der Waals surface area (Å²) in [5.41, 5.74) is 1.72. The van der Waals surface area contributed by atoms with Gasteiger partial charge in [-0.1, -0.05) is 0 Å². The van der Waals surface area contributed by atoms with E-state index in [1.54, 1.807) is 26.4 Å². The third-order valence-corrected chi connectivity index (χ3v) is 4.30. The molecule has 0 atom stereocenters. The summed E-state index contributed by atoms with van der Waals surface area (Å²) in [4.78, 5) is 36.2. The molecule has 8 heteroatoms. The lowest BCUT2D eigenvalue weighted by atomic mass is 10.2. The van der Waals surface area contributed by atoms with Gasteiger partial charge in [0.15, 0.2) is 5.69 Å². The summed E-state index contributed by atoms with van der Waals surface area (Å²) in [7, 11) is 4.77. The first-order chi connectivity index (χ1) is 11.9. The van der Waals surface area contributed by atoms with Crippen LogP contribution < -0.4 is 4.90 Å². The monoisotopic (exact) mass is 343 g/mol. The molecule has 0 saturated carbocycles. The normalized spacial score (nSPS) is 13.4. The number of nitrogens with zero attached hydrogens (tertiary/aromatic N) is 5. The molecule has 0 N–H and O–H groups in total. The Morgan fingerprint density at radius 1 is 1.24 bits per heavy atom. The average molecular weight is 343 g/mol. The molecule has 0 unspecified atom stereocenters. The Morgan fingerprint density at radius 2 is 2.00 bits per heavy atom. The molecule has 3 rings (SSSR count). The van der Waals surface area contributed by atoms with Gasteiger partial charge in [0.25, 0.3) is 5.91 Å². The highest BCUT2D eigenvalue weighted by Gasteiger charge is 2.27. The molecule has 0 radical (unpaired) electrons. The van der Waals surface area contributed by atoms with Gasteiger partial charge in [-0.2, -0.15) is 0 Å². The van der Waals surface area contributed by atoms with Gasteiger partial charge in [-0.05, 0) is 19.1 Å². The van der Waals surface area contributed by atoms with Crippen LogP contribution in [0.3, 0.4) is 0 Å². The molecule has 25 heavy (non-hydrogen) atoms. The van der Waals surface area contributed by atoms with E-state index in [2.05, 4.69) is 14.9 Å². The number of ether oxygens (including phenoxy) is 1. The maximum atomic E-state index is 12.0. The van der Waals surface area contributed by atoms with E-state index in [0.29, 0.717) is 24.3 Å². The Balaban J connectivity index is 1.85. The molecule has 2 aromatic heterocycles. The lowest BCUT2D eigenvalue weighted by Gasteiger charge is -2.30. The largest absolute Gasteiger partial charge is 0.464 e. The van der Waals surface area contributed by atoms with Gasteiger partial charge in [0.2, 0.25) is 0 Å². The smallest absolute Gasteiger partial charge is 0.358 e. The number of methoxy groups -OCH3 is 1. The van der Waals surface area contributed by atoms with Gasteiger partial charge in [0.05, 0.1) is 24.9 Å². The minimum Gasteiger partial charge on any atom is -0.464 e. The predicted octanol–water partition coefficient (Wildman–Crippen LogP) is 1.10. The van der Waals surface area contributed by atoms with Crippen LogP contribution in [0, 0.1) is 6.92 Å². The zero-order valence-electron chi connectivity index (χ0n) is 14.8. The maximum Gasteiger partial charge on any atom is 0.358 e. The van der Waals surface area contributed by atoms with Crippen LogP contribution >= 0.6 is 0 Å². The number of aromatic nitrogens is 3. The fraction of sp³-hybridized carbons (Fsp3) is 0.412. The highest BCUT2D eigenvalue weighted by Crippen LogP contribution is 2.23. The van der Waals surface area contributed by atoms with Crippen molar-refractivity contribution >= 4 is 17.7 Å². The molecule has 0 spiro atoms. The van der Waals surface area contributed by atoms with Crippen molar-refractivity contribution in [3.63, 3.8) is 0 Å². The number of aryl methyl sites for hydroxylation is 1. The minimum absolute atomic E-state index is 0.0839. The quantitative estimate of drug-likeness (QED) is 0.776. The van der Waals surface area contributed by atoms with Crippen LogP contribution in [0.25, 0.3) is 0 Å². The number of pyridine rings is 1. The van der Waals surface area contributed by atoms with Crippen LogP contribution in [-0.2, 0) is 17.8 Å². The first-order valence-electron chi connectivity index (χ1n) is 7.99. The summed E-state index contributed by atoms with van der Waals surface area (Å²) in [5.74, 6) is 1.05. The van der Waals surface area contributed by atoms with Gasteiger partial charge in [-0.25, -0.2) is 14.8 Å². The highest BCUT2D eigenvalue weighted by atomic mass is 16.5. The van der Waals surface area contributed by atoms with Crippen LogP contribution in [0.2, 0.25) is 0 Å². The summed E-state index contributed by atoms with van der Waals surface area (Å²) < 4.78 is 6.86. The molecular formula is C17H21N5O3. The van der Waals surface area contributed by atoms with E-state index in [1.165, 1.54) is 12.0 Å². The number of hydrogen-bond donors (Lipinski definition) is 0. The molecular weight excluding hydrogens is 322 g/mol. The number of imidazole rings is 1. The first-order valence-corrected chi connectivity index (χ1v) is 7.99. The predicted molar refractivity (Wildman–Crippen MR) is 91.6 cm³/mol.